The Morgan fingerprint density at radius 1 is 1.03 bits per heavy atom. The molecule has 0 radical (unpaired) electrons. The number of hydrogen-bond donors (Lipinski definition) is 2. The minimum atomic E-state index is -0.787. The Hall–Kier alpha value is -3.41. The highest BCUT2D eigenvalue weighted by atomic mass is 16.3. The minimum absolute atomic E-state index is 0.0160. The number of furan rings is 1. The van der Waals surface area contributed by atoms with Crippen LogP contribution >= 0.6 is 0 Å². The molecule has 37 heavy (non-hydrogen) atoms. The summed E-state index contributed by atoms with van der Waals surface area (Å²) in [5.41, 5.74) is 3.83. The monoisotopic (exact) mass is 500 g/mol. The van der Waals surface area contributed by atoms with Crippen LogP contribution in [0.15, 0.2) is 59.2 Å². The molecule has 1 saturated heterocycles. The standard InChI is InChI=1S/C31H36N2O4/c1-17(2)13-24-27(26(31(36)32-18(3)4)22-10-9-19-11-12-37-25(19)16-22)29(34)28(33-30(24)35)23-14-20-7-5-6-8-21(20)15-23/h5-12,16-18,23-24,26-28H,13-15H2,1-4H3,(H,32,36)(H,33,35)/t24-,26?,27+,28+/m0/s1. The summed E-state index contributed by atoms with van der Waals surface area (Å²) in [7, 11) is 0. The number of carbonyl (C=O) groups excluding carboxylic acids is 3. The first-order valence-electron chi connectivity index (χ1n) is 13.4. The first kappa shape index (κ1) is 25.2. The van der Waals surface area contributed by atoms with Gasteiger partial charge in [0.15, 0.2) is 5.78 Å². The van der Waals surface area contributed by atoms with Gasteiger partial charge in [-0.15, -0.1) is 0 Å². The molecule has 194 valence electrons. The number of ketones is 1. The highest BCUT2D eigenvalue weighted by Crippen LogP contribution is 2.41. The van der Waals surface area contributed by atoms with Crippen molar-refractivity contribution in [3.63, 3.8) is 0 Å². The van der Waals surface area contributed by atoms with Crippen LogP contribution in [0.5, 0.6) is 0 Å². The van der Waals surface area contributed by atoms with Crippen molar-refractivity contribution in [1.82, 2.24) is 10.6 Å². The molecule has 1 unspecified atom stereocenters. The molecule has 3 aromatic rings. The quantitative estimate of drug-likeness (QED) is 0.488. The third-order valence-corrected chi connectivity index (χ3v) is 7.89. The van der Waals surface area contributed by atoms with Crippen LogP contribution in [0.3, 0.4) is 0 Å². The number of rotatable bonds is 7. The fourth-order valence-corrected chi connectivity index (χ4v) is 6.30. The predicted molar refractivity (Wildman–Crippen MR) is 143 cm³/mol. The van der Waals surface area contributed by atoms with Crippen molar-refractivity contribution >= 4 is 28.6 Å². The number of amides is 2. The molecule has 0 spiro atoms. The molecule has 2 heterocycles. The molecule has 1 aromatic heterocycles. The summed E-state index contributed by atoms with van der Waals surface area (Å²) in [5.74, 6) is -2.33. The number of carbonyl (C=O) groups is 3. The summed E-state index contributed by atoms with van der Waals surface area (Å²) in [5, 5.41) is 7.07. The van der Waals surface area contributed by atoms with Crippen molar-refractivity contribution in [3.05, 3.63) is 71.5 Å². The lowest BCUT2D eigenvalue weighted by Gasteiger charge is -2.41. The first-order chi connectivity index (χ1) is 17.7. The predicted octanol–water partition coefficient (Wildman–Crippen LogP) is 4.80. The van der Waals surface area contributed by atoms with Crippen molar-refractivity contribution in [1.29, 1.82) is 0 Å². The molecule has 4 atom stereocenters. The topological polar surface area (TPSA) is 88.4 Å². The van der Waals surface area contributed by atoms with Crippen LogP contribution in [0.2, 0.25) is 0 Å². The Bertz CT molecular complexity index is 1300. The maximum atomic E-state index is 14.4. The van der Waals surface area contributed by atoms with Gasteiger partial charge in [0, 0.05) is 23.3 Å². The second-order valence-corrected chi connectivity index (χ2v) is 11.4. The van der Waals surface area contributed by atoms with E-state index in [1.165, 1.54) is 11.1 Å². The van der Waals surface area contributed by atoms with E-state index in [1.54, 1.807) is 6.26 Å². The van der Waals surface area contributed by atoms with Crippen LogP contribution in [0, 0.1) is 23.7 Å². The lowest BCUT2D eigenvalue weighted by Crippen LogP contribution is -2.60. The number of piperidine rings is 1. The fraction of sp³-hybridized carbons (Fsp3) is 0.452. The highest BCUT2D eigenvalue weighted by molar-refractivity contribution is 6.03. The van der Waals surface area contributed by atoms with Crippen molar-refractivity contribution in [2.75, 3.05) is 0 Å². The van der Waals surface area contributed by atoms with E-state index >= 15 is 0 Å². The maximum Gasteiger partial charge on any atom is 0.228 e. The number of nitrogens with one attached hydrogen (secondary N) is 2. The van der Waals surface area contributed by atoms with Crippen molar-refractivity contribution in [2.45, 2.75) is 65.0 Å². The van der Waals surface area contributed by atoms with E-state index in [0.29, 0.717) is 17.6 Å². The van der Waals surface area contributed by atoms with Crippen LogP contribution < -0.4 is 10.6 Å². The summed E-state index contributed by atoms with van der Waals surface area (Å²) in [6.45, 7) is 7.91. The molecule has 2 N–H and O–H groups in total. The van der Waals surface area contributed by atoms with Gasteiger partial charge in [0.1, 0.15) is 5.58 Å². The average molecular weight is 501 g/mol. The fourth-order valence-electron chi connectivity index (χ4n) is 6.30. The molecular weight excluding hydrogens is 464 g/mol. The van der Waals surface area contributed by atoms with E-state index < -0.39 is 23.8 Å². The summed E-state index contributed by atoms with van der Waals surface area (Å²) in [6.07, 6.45) is 3.64. The largest absolute Gasteiger partial charge is 0.464 e. The Balaban J connectivity index is 1.57. The maximum absolute atomic E-state index is 14.4. The van der Waals surface area contributed by atoms with Gasteiger partial charge in [-0.05, 0) is 73.8 Å². The van der Waals surface area contributed by atoms with E-state index in [-0.39, 0.29) is 35.5 Å². The lowest BCUT2D eigenvalue weighted by atomic mass is 9.66. The van der Waals surface area contributed by atoms with Gasteiger partial charge in [0.25, 0.3) is 0 Å². The molecule has 0 saturated carbocycles. The van der Waals surface area contributed by atoms with Crippen molar-refractivity contribution in [2.24, 2.45) is 23.7 Å². The van der Waals surface area contributed by atoms with Gasteiger partial charge in [-0.3, -0.25) is 14.4 Å². The van der Waals surface area contributed by atoms with Gasteiger partial charge in [0.05, 0.1) is 18.2 Å². The van der Waals surface area contributed by atoms with Gasteiger partial charge in [-0.1, -0.05) is 50.2 Å². The molecular formula is C31H36N2O4. The molecule has 2 aliphatic rings. The second kappa shape index (κ2) is 10.2. The van der Waals surface area contributed by atoms with Crippen LogP contribution in [0.4, 0.5) is 0 Å². The zero-order chi connectivity index (χ0) is 26.3. The Morgan fingerprint density at radius 3 is 2.38 bits per heavy atom. The van der Waals surface area contributed by atoms with Crippen LogP contribution in [-0.2, 0) is 27.2 Å². The zero-order valence-electron chi connectivity index (χ0n) is 22.0. The third kappa shape index (κ3) is 4.94. The Morgan fingerprint density at radius 2 is 1.73 bits per heavy atom. The van der Waals surface area contributed by atoms with Crippen molar-refractivity contribution < 1.29 is 18.8 Å². The third-order valence-electron chi connectivity index (χ3n) is 7.89. The molecule has 6 nitrogen and oxygen atoms in total. The normalized spacial score (nSPS) is 22.9. The molecule has 2 aromatic carbocycles. The molecule has 1 aliphatic heterocycles. The number of benzene rings is 2. The SMILES string of the molecule is CC(C)C[C@@H]1C(=O)N[C@H](C2Cc3ccccc3C2)C(=O)[C@H]1C(C(=O)NC(C)C)c1ccc2ccoc2c1. The van der Waals surface area contributed by atoms with Gasteiger partial charge in [0.2, 0.25) is 11.8 Å². The zero-order valence-corrected chi connectivity index (χ0v) is 22.0. The van der Waals surface area contributed by atoms with E-state index in [9.17, 15) is 14.4 Å². The van der Waals surface area contributed by atoms with Crippen LogP contribution in [0.25, 0.3) is 11.0 Å². The Kier molecular flexibility index (Phi) is 6.93. The van der Waals surface area contributed by atoms with E-state index in [1.807, 2.05) is 64.1 Å². The second-order valence-electron chi connectivity index (χ2n) is 11.4. The minimum Gasteiger partial charge on any atom is -0.464 e. The van der Waals surface area contributed by atoms with Gasteiger partial charge in [-0.25, -0.2) is 0 Å². The average Bonchev–Trinajstić information content (AvgIpc) is 3.49. The van der Waals surface area contributed by atoms with E-state index in [4.69, 9.17) is 4.42 Å². The van der Waals surface area contributed by atoms with Gasteiger partial charge < -0.3 is 15.1 Å². The summed E-state index contributed by atoms with van der Waals surface area (Å²) in [4.78, 5) is 41.9. The Labute approximate surface area is 218 Å². The summed E-state index contributed by atoms with van der Waals surface area (Å²) in [6, 6.07) is 15.1. The van der Waals surface area contributed by atoms with Gasteiger partial charge >= 0.3 is 0 Å². The van der Waals surface area contributed by atoms with Gasteiger partial charge in [-0.2, -0.15) is 0 Å². The summed E-state index contributed by atoms with van der Waals surface area (Å²) < 4.78 is 5.64. The number of fused-ring (bicyclic) bond motifs is 2. The molecule has 1 aliphatic carbocycles. The highest BCUT2D eigenvalue weighted by Gasteiger charge is 2.51. The first-order valence-corrected chi connectivity index (χ1v) is 13.4. The smallest absolute Gasteiger partial charge is 0.228 e. The lowest BCUT2D eigenvalue weighted by molar-refractivity contribution is -0.147. The molecule has 0 bridgehead atoms. The summed E-state index contributed by atoms with van der Waals surface area (Å²) >= 11 is 0. The van der Waals surface area contributed by atoms with E-state index in [0.717, 1.165) is 18.2 Å². The van der Waals surface area contributed by atoms with Crippen LogP contribution in [-0.4, -0.2) is 29.7 Å². The number of Topliss-reactive ketones (excluding diaryl/α,β-unsaturated/α-hetero) is 1. The molecule has 5 rings (SSSR count). The van der Waals surface area contributed by atoms with E-state index in [2.05, 4.69) is 22.8 Å². The van der Waals surface area contributed by atoms with Crippen LogP contribution in [0.1, 0.15) is 56.7 Å². The number of hydrogen-bond acceptors (Lipinski definition) is 4. The molecule has 2 amide bonds. The molecule has 6 heteroatoms. The molecule has 1 fully saturated rings. The van der Waals surface area contributed by atoms with Crippen molar-refractivity contribution in [3.8, 4) is 0 Å².